The highest BCUT2D eigenvalue weighted by Gasteiger charge is 2.40. The van der Waals surface area contributed by atoms with Crippen molar-refractivity contribution < 1.29 is 23.9 Å². The maximum Gasteiger partial charge on any atom is 0.262 e. The number of rotatable bonds is 9. The highest BCUT2D eigenvalue weighted by Crippen LogP contribution is 2.30. The highest BCUT2D eigenvalue weighted by molar-refractivity contribution is 6.21. The van der Waals surface area contributed by atoms with E-state index < -0.39 is 17.9 Å². The minimum absolute atomic E-state index is 0.136. The molecule has 1 atom stereocenters. The molecule has 1 aliphatic rings. The summed E-state index contributed by atoms with van der Waals surface area (Å²) in [5.74, 6) is -0.580. The molecule has 1 N–H and O–H groups in total. The first-order chi connectivity index (χ1) is 11.5. The first kappa shape index (κ1) is 17.4. The van der Waals surface area contributed by atoms with Crippen molar-refractivity contribution in [1.82, 2.24) is 10.2 Å². The fourth-order valence-corrected chi connectivity index (χ4v) is 2.65. The Morgan fingerprint density at radius 3 is 2.62 bits per heavy atom. The normalized spacial score (nSPS) is 14.1. The Hall–Kier alpha value is -2.96. The molecule has 0 radical (unpaired) electrons. The number of imide groups is 1. The number of fused-ring (bicyclic) bond motifs is 1. The molecular weight excluding hydrogens is 312 g/mol. The van der Waals surface area contributed by atoms with Gasteiger partial charge in [-0.3, -0.25) is 24.1 Å². The summed E-state index contributed by atoms with van der Waals surface area (Å²) in [6, 6.07) is 3.85. The van der Waals surface area contributed by atoms with Gasteiger partial charge in [-0.05, 0) is 24.6 Å². The number of nitrogens with one attached hydrogen (secondary N) is 1. The van der Waals surface area contributed by atoms with Crippen LogP contribution in [0.2, 0.25) is 0 Å². The molecule has 1 aromatic carbocycles. The second-order valence-corrected chi connectivity index (χ2v) is 5.26. The largest absolute Gasteiger partial charge is 0.486 e. The quantitative estimate of drug-likeness (QED) is 0.544. The fourth-order valence-electron chi connectivity index (χ4n) is 2.65. The van der Waals surface area contributed by atoms with Gasteiger partial charge in [0.2, 0.25) is 6.41 Å². The van der Waals surface area contributed by atoms with E-state index in [1.54, 1.807) is 0 Å². The SMILES string of the molecule is C=C(NC=O)C(CCC)N1C(=O)c2ccc(OCC=O)cc2C1=O. The minimum atomic E-state index is -0.619. The van der Waals surface area contributed by atoms with E-state index >= 15 is 0 Å². The number of carbonyl (C=O) groups excluding carboxylic acids is 4. The lowest BCUT2D eigenvalue weighted by Crippen LogP contribution is -2.43. The predicted molar refractivity (Wildman–Crippen MR) is 85.5 cm³/mol. The average Bonchev–Trinajstić information content (AvgIpc) is 2.82. The Bertz CT molecular complexity index is 698. The van der Waals surface area contributed by atoms with Crippen LogP contribution in [-0.2, 0) is 9.59 Å². The molecular formula is C17H18N2O5. The van der Waals surface area contributed by atoms with Crippen molar-refractivity contribution in [3.05, 3.63) is 41.6 Å². The smallest absolute Gasteiger partial charge is 0.262 e. The molecule has 3 amide bonds. The summed E-state index contributed by atoms with van der Waals surface area (Å²) in [6.07, 6.45) is 2.25. The summed E-state index contributed by atoms with van der Waals surface area (Å²) < 4.78 is 5.17. The van der Waals surface area contributed by atoms with Gasteiger partial charge in [-0.1, -0.05) is 19.9 Å². The molecule has 1 aliphatic heterocycles. The lowest BCUT2D eigenvalue weighted by Gasteiger charge is -2.27. The van der Waals surface area contributed by atoms with Crippen molar-refractivity contribution in [2.75, 3.05) is 6.61 Å². The molecule has 24 heavy (non-hydrogen) atoms. The van der Waals surface area contributed by atoms with E-state index in [0.717, 1.165) is 4.90 Å². The molecule has 0 saturated heterocycles. The van der Waals surface area contributed by atoms with Gasteiger partial charge in [0.15, 0.2) is 6.29 Å². The lowest BCUT2D eigenvalue weighted by atomic mass is 10.1. The van der Waals surface area contributed by atoms with Gasteiger partial charge >= 0.3 is 0 Å². The maximum atomic E-state index is 12.7. The van der Waals surface area contributed by atoms with Crippen LogP contribution in [0.4, 0.5) is 0 Å². The Kier molecular flexibility index (Phi) is 5.47. The topological polar surface area (TPSA) is 92.8 Å². The lowest BCUT2D eigenvalue weighted by molar-refractivity contribution is -0.110. The second-order valence-electron chi connectivity index (χ2n) is 5.26. The molecule has 0 spiro atoms. The number of ether oxygens (including phenoxy) is 1. The number of carbonyl (C=O) groups is 4. The summed E-state index contributed by atoms with van der Waals surface area (Å²) in [5.41, 5.74) is 0.764. The van der Waals surface area contributed by atoms with E-state index in [1.165, 1.54) is 18.2 Å². The van der Waals surface area contributed by atoms with Crippen molar-refractivity contribution in [1.29, 1.82) is 0 Å². The minimum Gasteiger partial charge on any atom is -0.486 e. The van der Waals surface area contributed by atoms with E-state index in [4.69, 9.17) is 4.74 Å². The van der Waals surface area contributed by atoms with Gasteiger partial charge in [0, 0.05) is 5.70 Å². The summed E-state index contributed by atoms with van der Waals surface area (Å²) in [4.78, 5) is 47.4. The molecule has 7 nitrogen and oxygen atoms in total. The first-order valence-electron chi connectivity index (χ1n) is 7.52. The molecule has 0 bridgehead atoms. The molecule has 126 valence electrons. The molecule has 1 heterocycles. The Labute approximate surface area is 139 Å². The van der Waals surface area contributed by atoms with E-state index in [1.807, 2.05) is 6.92 Å². The van der Waals surface area contributed by atoms with Crippen LogP contribution in [0.25, 0.3) is 0 Å². The van der Waals surface area contributed by atoms with Crippen molar-refractivity contribution in [2.24, 2.45) is 0 Å². The van der Waals surface area contributed by atoms with Gasteiger partial charge in [-0.15, -0.1) is 0 Å². The van der Waals surface area contributed by atoms with Crippen LogP contribution in [0, 0.1) is 0 Å². The van der Waals surface area contributed by atoms with Crippen molar-refractivity contribution in [2.45, 2.75) is 25.8 Å². The monoisotopic (exact) mass is 330 g/mol. The number of aldehydes is 1. The molecule has 1 unspecified atom stereocenters. The number of nitrogens with zero attached hydrogens (tertiary/aromatic N) is 1. The van der Waals surface area contributed by atoms with E-state index in [0.29, 0.717) is 37.0 Å². The zero-order chi connectivity index (χ0) is 17.7. The van der Waals surface area contributed by atoms with Crippen LogP contribution < -0.4 is 10.1 Å². The van der Waals surface area contributed by atoms with Crippen LogP contribution in [-0.4, -0.2) is 42.1 Å². The molecule has 7 heteroatoms. The van der Waals surface area contributed by atoms with Crippen LogP contribution in [0.3, 0.4) is 0 Å². The van der Waals surface area contributed by atoms with Crippen LogP contribution in [0.5, 0.6) is 5.75 Å². The number of amides is 3. The van der Waals surface area contributed by atoms with Gasteiger partial charge in [0.1, 0.15) is 12.4 Å². The fraction of sp³-hybridized carbons (Fsp3) is 0.294. The third-order valence-electron chi connectivity index (χ3n) is 3.73. The first-order valence-corrected chi connectivity index (χ1v) is 7.52. The van der Waals surface area contributed by atoms with Gasteiger partial charge in [-0.2, -0.15) is 0 Å². The zero-order valence-corrected chi connectivity index (χ0v) is 13.3. The van der Waals surface area contributed by atoms with Gasteiger partial charge in [0.05, 0.1) is 17.2 Å². The summed E-state index contributed by atoms with van der Waals surface area (Å²) >= 11 is 0. The molecule has 0 aromatic heterocycles. The zero-order valence-electron chi connectivity index (χ0n) is 13.3. The van der Waals surface area contributed by atoms with Crippen molar-refractivity contribution >= 4 is 24.5 Å². The maximum absolute atomic E-state index is 12.7. The third-order valence-corrected chi connectivity index (χ3v) is 3.73. The van der Waals surface area contributed by atoms with Crippen LogP contribution in [0.15, 0.2) is 30.5 Å². The van der Waals surface area contributed by atoms with Gasteiger partial charge in [0.25, 0.3) is 11.8 Å². The Morgan fingerprint density at radius 1 is 1.29 bits per heavy atom. The predicted octanol–water partition coefficient (Wildman–Crippen LogP) is 1.29. The van der Waals surface area contributed by atoms with Crippen molar-refractivity contribution in [3.8, 4) is 5.75 Å². The average molecular weight is 330 g/mol. The molecule has 1 aromatic rings. The van der Waals surface area contributed by atoms with Crippen LogP contribution >= 0.6 is 0 Å². The number of benzene rings is 1. The Balaban J connectivity index is 2.34. The highest BCUT2D eigenvalue weighted by atomic mass is 16.5. The number of hydrogen-bond acceptors (Lipinski definition) is 5. The second kappa shape index (κ2) is 7.54. The van der Waals surface area contributed by atoms with E-state index in [-0.39, 0.29) is 17.7 Å². The molecule has 2 rings (SSSR count). The number of hydrogen-bond donors (Lipinski definition) is 1. The summed E-state index contributed by atoms with van der Waals surface area (Å²) in [7, 11) is 0. The summed E-state index contributed by atoms with van der Waals surface area (Å²) in [6.45, 7) is 5.52. The van der Waals surface area contributed by atoms with Gasteiger partial charge in [-0.25, -0.2) is 0 Å². The van der Waals surface area contributed by atoms with Crippen LogP contribution in [0.1, 0.15) is 40.5 Å². The standard InChI is InChI=1S/C17H18N2O5/c1-3-4-15(11(2)18-10-21)19-16(22)13-6-5-12(24-8-7-20)9-14(13)17(19)23/h5-7,9-10,15H,2-4,8H2,1H3,(H,18,21). The summed E-state index contributed by atoms with van der Waals surface area (Å²) in [5, 5.41) is 2.43. The van der Waals surface area contributed by atoms with Gasteiger partial charge < -0.3 is 10.1 Å². The van der Waals surface area contributed by atoms with E-state index in [2.05, 4.69) is 11.9 Å². The Morgan fingerprint density at radius 2 is 2.00 bits per heavy atom. The molecule has 0 saturated carbocycles. The van der Waals surface area contributed by atoms with E-state index in [9.17, 15) is 19.2 Å². The third kappa shape index (κ3) is 3.19. The van der Waals surface area contributed by atoms with Crippen molar-refractivity contribution in [3.63, 3.8) is 0 Å². The molecule has 0 aliphatic carbocycles. The molecule has 0 fully saturated rings.